The molecular weight excluding hydrogens is 340 g/mol. The van der Waals surface area contributed by atoms with Crippen LogP contribution in [-0.2, 0) is 13.0 Å². The van der Waals surface area contributed by atoms with E-state index in [4.69, 9.17) is 12.2 Å². The first-order valence-electron chi connectivity index (χ1n) is 8.81. The van der Waals surface area contributed by atoms with Crippen LogP contribution in [0.15, 0.2) is 54.6 Å². The highest BCUT2D eigenvalue weighted by molar-refractivity contribution is 7.80. The van der Waals surface area contributed by atoms with Gasteiger partial charge in [0, 0.05) is 17.1 Å². The smallest absolute Gasteiger partial charge is 0.175 e. The SMILES string of the molecule is CCc1ccccc1NC(=S)Nc1cccc(Cn2nc(C)cc2C)c1. The molecule has 0 fully saturated rings. The quantitative estimate of drug-likeness (QED) is 0.631. The number of hydrogen-bond donors (Lipinski definition) is 2. The minimum atomic E-state index is 0.592. The van der Waals surface area contributed by atoms with E-state index in [1.54, 1.807) is 0 Å². The first kappa shape index (κ1) is 18.1. The van der Waals surface area contributed by atoms with Crippen LogP contribution in [0.25, 0.3) is 0 Å². The molecule has 2 N–H and O–H groups in total. The Hall–Kier alpha value is -2.66. The molecule has 0 amide bonds. The lowest BCUT2D eigenvalue weighted by Gasteiger charge is -2.14. The molecule has 26 heavy (non-hydrogen) atoms. The van der Waals surface area contributed by atoms with Crippen LogP contribution in [0, 0.1) is 13.8 Å². The number of benzene rings is 2. The molecule has 0 spiro atoms. The number of rotatable bonds is 5. The van der Waals surface area contributed by atoms with E-state index in [1.807, 2.05) is 41.9 Å². The summed E-state index contributed by atoms with van der Waals surface area (Å²) in [5, 5.41) is 11.7. The minimum absolute atomic E-state index is 0.592. The highest BCUT2D eigenvalue weighted by Crippen LogP contribution is 2.17. The second-order valence-corrected chi connectivity index (χ2v) is 6.78. The largest absolute Gasteiger partial charge is 0.332 e. The molecule has 0 bridgehead atoms. The first-order valence-corrected chi connectivity index (χ1v) is 9.22. The monoisotopic (exact) mass is 364 g/mol. The van der Waals surface area contributed by atoms with E-state index < -0.39 is 0 Å². The first-order chi connectivity index (χ1) is 12.5. The van der Waals surface area contributed by atoms with Crippen molar-refractivity contribution in [1.82, 2.24) is 9.78 Å². The van der Waals surface area contributed by atoms with Gasteiger partial charge in [-0.2, -0.15) is 5.10 Å². The zero-order valence-electron chi connectivity index (χ0n) is 15.4. The van der Waals surface area contributed by atoms with Crippen molar-refractivity contribution < 1.29 is 0 Å². The molecule has 134 valence electrons. The van der Waals surface area contributed by atoms with E-state index in [1.165, 1.54) is 11.1 Å². The second kappa shape index (κ2) is 8.15. The van der Waals surface area contributed by atoms with Crippen LogP contribution in [0.4, 0.5) is 11.4 Å². The summed E-state index contributed by atoms with van der Waals surface area (Å²) in [6.07, 6.45) is 0.962. The van der Waals surface area contributed by atoms with Crippen molar-refractivity contribution in [3.63, 3.8) is 0 Å². The van der Waals surface area contributed by atoms with Crippen LogP contribution < -0.4 is 10.6 Å². The van der Waals surface area contributed by atoms with Crippen molar-refractivity contribution in [1.29, 1.82) is 0 Å². The van der Waals surface area contributed by atoms with Crippen LogP contribution >= 0.6 is 12.2 Å². The standard InChI is InChI=1S/C21H24N4S/c1-4-18-9-5-6-11-20(18)23-21(26)22-19-10-7-8-17(13-19)14-25-16(3)12-15(2)24-25/h5-13H,4,14H2,1-3H3,(H2,22,23,26). The summed E-state index contributed by atoms with van der Waals surface area (Å²) in [5.74, 6) is 0. The predicted molar refractivity (Wildman–Crippen MR) is 113 cm³/mol. The number of hydrogen-bond acceptors (Lipinski definition) is 2. The van der Waals surface area contributed by atoms with Crippen LogP contribution in [-0.4, -0.2) is 14.9 Å². The molecule has 2 aromatic carbocycles. The third kappa shape index (κ3) is 4.49. The lowest BCUT2D eigenvalue weighted by molar-refractivity contribution is 0.659. The molecule has 0 aliphatic rings. The number of anilines is 2. The van der Waals surface area contributed by atoms with Gasteiger partial charge in [0.15, 0.2) is 5.11 Å². The third-order valence-corrected chi connectivity index (χ3v) is 4.47. The molecule has 1 aromatic heterocycles. The van der Waals surface area contributed by atoms with Crippen molar-refractivity contribution in [2.75, 3.05) is 10.6 Å². The van der Waals surface area contributed by atoms with Gasteiger partial charge in [0.1, 0.15) is 0 Å². The maximum atomic E-state index is 5.48. The summed E-state index contributed by atoms with van der Waals surface area (Å²) in [4.78, 5) is 0. The van der Waals surface area contributed by atoms with Gasteiger partial charge >= 0.3 is 0 Å². The van der Waals surface area contributed by atoms with E-state index in [2.05, 4.69) is 53.8 Å². The van der Waals surface area contributed by atoms with Crippen LogP contribution in [0.5, 0.6) is 0 Å². The maximum Gasteiger partial charge on any atom is 0.175 e. The molecule has 0 radical (unpaired) electrons. The average molecular weight is 365 g/mol. The molecule has 3 aromatic rings. The summed E-state index contributed by atoms with van der Waals surface area (Å²) in [7, 11) is 0. The molecule has 0 atom stereocenters. The van der Waals surface area contributed by atoms with Gasteiger partial charge in [-0.1, -0.05) is 37.3 Å². The molecule has 5 heteroatoms. The van der Waals surface area contributed by atoms with Gasteiger partial charge in [-0.05, 0) is 67.9 Å². The Bertz CT molecular complexity index is 914. The van der Waals surface area contributed by atoms with Crippen LogP contribution in [0.3, 0.4) is 0 Å². The van der Waals surface area contributed by atoms with Crippen molar-refractivity contribution in [2.45, 2.75) is 33.7 Å². The van der Waals surface area contributed by atoms with Crippen molar-refractivity contribution in [3.05, 3.63) is 77.1 Å². The van der Waals surface area contributed by atoms with Crippen LogP contribution in [0.2, 0.25) is 0 Å². The van der Waals surface area contributed by atoms with Gasteiger partial charge in [0.2, 0.25) is 0 Å². The number of nitrogens with one attached hydrogen (secondary N) is 2. The Kier molecular flexibility index (Phi) is 5.68. The fourth-order valence-electron chi connectivity index (χ4n) is 2.99. The molecular formula is C21H24N4S. The third-order valence-electron chi connectivity index (χ3n) is 4.27. The van der Waals surface area contributed by atoms with E-state index in [9.17, 15) is 0 Å². The number of aromatic nitrogens is 2. The summed E-state index contributed by atoms with van der Waals surface area (Å²) in [6, 6.07) is 18.6. The molecule has 0 aliphatic carbocycles. The van der Waals surface area contributed by atoms with Crippen LogP contribution in [0.1, 0.15) is 29.4 Å². The normalized spacial score (nSPS) is 10.6. The fourth-order valence-corrected chi connectivity index (χ4v) is 3.22. The Morgan fingerprint density at radius 3 is 2.58 bits per heavy atom. The highest BCUT2D eigenvalue weighted by Gasteiger charge is 2.05. The maximum absolute atomic E-state index is 5.48. The molecule has 1 heterocycles. The molecule has 0 saturated heterocycles. The van der Waals surface area contributed by atoms with Gasteiger partial charge in [-0.3, -0.25) is 4.68 Å². The van der Waals surface area contributed by atoms with E-state index in [0.29, 0.717) is 5.11 Å². The highest BCUT2D eigenvalue weighted by atomic mass is 32.1. The number of aryl methyl sites for hydroxylation is 3. The Balaban J connectivity index is 1.68. The van der Waals surface area contributed by atoms with E-state index >= 15 is 0 Å². The van der Waals surface area contributed by atoms with Gasteiger partial charge in [-0.15, -0.1) is 0 Å². The summed E-state index contributed by atoms with van der Waals surface area (Å²) >= 11 is 5.48. The molecule has 0 saturated carbocycles. The van der Waals surface area contributed by atoms with Gasteiger partial charge in [-0.25, -0.2) is 0 Å². The summed E-state index contributed by atoms with van der Waals surface area (Å²) in [5.41, 5.74) is 6.64. The van der Waals surface area contributed by atoms with Gasteiger partial charge in [0.25, 0.3) is 0 Å². The Labute approximate surface area is 160 Å². The van der Waals surface area contributed by atoms with E-state index in [-0.39, 0.29) is 0 Å². The topological polar surface area (TPSA) is 41.9 Å². The van der Waals surface area contributed by atoms with E-state index in [0.717, 1.165) is 35.7 Å². The van der Waals surface area contributed by atoms with Gasteiger partial charge < -0.3 is 10.6 Å². The minimum Gasteiger partial charge on any atom is -0.332 e. The Morgan fingerprint density at radius 1 is 1.04 bits per heavy atom. The second-order valence-electron chi connectivity index (χ2n) is 6.37. The number of para-hydroxylation sites is 1. The van der Waals surface area contributed by atoms with Crippen molar-refractivity contribution >= 4 is 28.7 Å². The molecule has 0 unspecified atom stereocenters. The fraction of sp³-hybridized carbons (Fsp3) is 0.238. The Morgan fingerprint density at radius 2 is 1.85 bits per heavy atom. The summed E-state index contributed by atoms with van der Waals surface area (Å²) in [6.45, 7) is 6.97. The average Bonchev–Trinajstić information content (AvgIpc) is 2.92. The zero-order chi connectivity index (χ0) is 18.5. The zero-order valence-corrected chi connectivity index (χ0v) is 16.2. The number of thiocarbonyl (C=S) groups is 1. The molecule has 4 nitrogen and oxygen atoms in total. The van der Waals surface area contributed by atoms with Crippen molar-refractivity contribution in [3.8, 4) is 0 Å². The molecule has 0 aliphatic heterocycles. The van der Waals surface area contributed by atoms with Crippen molar-refractivity contribution in [2.24, 2.45) is 0 Å². The van der Waals surface area contributed by atoms with Gasteiger partial charge in [0.05, 0.1) is 12.2 Å². The lowest BCUT2D eigenvalue weighted by atomic mass is 10.1. The number of nitrogens with zero attached hydrogens (tertiary/aromatic N) is 2. The lowest BCUT2D eigenvalue weighted by Crippen LogP contribution is -2.20. The molecule has 3 rings (SSSR count). The predicted octanol–water partition coefficient (Wildman–Crippen LogP) is 4.92. The summed E-state index contributed by atoms with van der Waals surface area (Å²) < 4.78 is 2.02.